The van der Waals surface area contributed by atoms with Crippen molar-refractivity contribution in [1.82, 2.24) is 4.90 Å². The van der Waals surface area contributed by atoms with Gasteiger partial charge in [-0.05, 0) is 48.5 Å². The smallest absolute Gasteiger partial charge is 0.123 e. The van der Waals surface area contributed by atoms with Crippen LogP contribution in [0, 0.1) is 5.82 Å². The van der Waals surface area contributed by atoms with Crippen LogP contribution in [0.1, 0.15) is 42.2 Å². The molecule has 1 aliphatic heterocycles. The first-order chi connectivity index (χ1) is 9.83. The Bertz CT molecular complexity index is 538. The molecule has 1 saturated heterocycles. The van der Waals surface area contributed by atoms with Crippen LogP contribution in [-0.2, 0) is 6.54 Å². The average molecular weight is 289 g/mol. The van der Waals surface area contributed by atoms with E-state index in [4.69, 9.17) is 0 Å². The van der Waals surface area contributed by atoms with Gasteiger partial charge in [0.25, 0.3) is 0 Å². The van der Waals surface area contributed by atoms with Gasteiger partial charge in [-0.25, -0.2) is 4.39 Å². The average Bonchev–Trinajstić information content (AvgIpc) is 2.87. The van der Waals surface area contributed by atoms with Crippen molar-refractivity contribution in [3.63, 3.8) is 0 Å². The molecule has 0 N–H and O–H groups in total. The molecule has 0 spiro atoms. The highest BCUT2D eigenvalue weighted by atomic mass is 32.1. The third-order valence-corrected chi connectivity index (χ3v) is 4.98. The van der Waals surface area contributed by atoms with E-state index in [0.717, 1.165) is 18.7 Å². The van der Waals surface area contributed by atoms with Gasteiger partial charge in [0.15, 0.2) is 0 Å². The Morgan fingerprint density at radius 3 is 2.90 bits per heavy atom. The third kappa shape index (κ3) is 3.28. The molecule has 1 aromatic carbocycles. The van der Waals surface area contributed by atoms with Crippen molar-refractivity contribution in [2.24, 2.45) is 0 Å². The standard InChI is InChI=1S/C17H20FNS/c18-15-7-4-6-14(12-15)13-19-10-3-1-2-8-16(19)17-9-5-11-20-17/h4-7,9,11-12,16H,1-3,8,10,13H2. The summed E-state index contributed by atoms with van der Waals surface area (Å²) in [5, 5.41) is 2.15. The van der Waals surface area contributed by atoms with Crippen molar-refractivity contribution in [2.75, 3.05) is 6.54 Å². The van der Waals surface area contributed by atoms with Gasteiger partial charge in [0, 0.05) is 17.5 Å². The molecule has 106 valence electrons. The van der Waals surface area contributed by atoms with Crippen molar-refractivity contribution < 1.29 is 4.39 Å². The number of hydrogen-bond donors (Lipinski definition) is 0. The van der Waals surface area contributed by atoms with Crippen molar-refractivity contribution >= 4 is 11.3 Å². The minimum Gasteiger partial charge on any atom is -0.291 e. The molecule has 1 nitrogen and oxygen atoms in total. The van der Waals surface area contributed by atoms with E-state index in [1.54, 1.807) is 6.07 Å². The highest BCUT2D eigenvalue weighted by Crippen LogP contribution is 2.33. The lowest BCUT2D eigenvalue weighted by molar-refractivity contribution is 0.195. The summed E-state index contributed by atoms with van der Waals surface area (Å²) in [5.74, 6) is -0.134. The zero-order valence-corrected chi connectivity index (χ0v) is 12.4. The molecule has 0 radical (unpaired) electrons. The van der Waals surface area contributed by atoms with Gasteiger partial charge in [0.05, 0.1) is 0 Å². The van der Waals surface area contributed by atoms with Crippen LogP contribution < -0.4 is 0 Å². The Morgan fingerprint density at radius 1 is 1.15 bits per heavy atom. The van der Waals surface area contributed by atoms with Crippen LogP contribution in [0.5, 0.6) is 0 Å². The Hall–Kier alpha value is -1.19. The summed E-state index contributed by atoms with van der Waals surface area (Å²) >= 11 is 1.84. The topological polar surface area (TPSA) is 3.24 Å². The number of rotatable bonds is 3. The van der Waals surface area contributed by atoms with Crippen LogP contribution >= 0.6 is 11.3 Å². The second kappa shape index (κ2) is 6.51. The highest BCUT2D eigenvalue weighted by molar-refractivity contribution is 7.10. The van der Waals surface area contributed by atoms with E-state index < -0.39 is 0 Å². The molecule has 1 aromatic heterocycles. The zero-order valence-electron chi connectivity index (χ0n) is 11.6. The highest BCUT2D eigenvalue weighted by Gasteiger charge is 2.23. The van der Waals surface area contributed by atoms with E-state index in [0.29, 0.717) is 6.04 Å². The van der Waals surface area contributed by atoms with E-state index in [9.17, 15) is 4.39 Å². The van der Waals surface area contributed by atoms with E-state index >= 15 is 0 Å². The summed E-state index contributed by atoms with van der Waals surface area (Å²) < 4.78 is 13.4. The predicted molar refractivity (Wildman–Crippen MR) is 82.3 cm³/mol. The van der Waals surface area contributed by atoms with Gasteiger partial charge >= 0.3 is 0 Å². The van der Waals surface area contributed by atoms with Gasteiger partial charge in [-0.2, -0.15) is 0 Å². The fourth-order valence-corrected chi connectivity index (χ4v) is 3.93. The molecule has 0 saturated carbocycles. The van der Waals surface area contributed by atoms with E-state index in [-0.39, 0.29) is 5.82 Å². The number of thiophene rings is 1. The van der Waals surface area contributed by atoms with Gasteiger partial charge in [-0.1, -0.05) is 31.0 Å². The molecule has 2 aromatic rings. The largest absolute Gasteiger partial charge is 0.291 e. The molecule has 20 heavy (non-hydrogen) atoms. The summed E-state index contributed by atoms with van der Waals surface area (Å²) in [6.45, 7) is 1.96. The minimum absolute atomic E-state index is 0.134. The van der Waals surface area contributed by atoms with Crippen LogP contribution in [0.2, 0.25) is 0 Å². The lowest BCUT2D eigenvalue weighted by atomic mass is 10.1. The molecule has 1 atom stereocenters. The Balaban J connectivity index is 1.80. The Morgan fingerprint density at radius 2 is 2.10 bits per heavy atom. The summed E-state index contributed by atoms with van der Waals surface area (Å²) in [6.07, 6.45) is 5.07. The quantitative estimate of drug-likeness (QED) is 0.768. The molecule has 0 amide bonds. The number of nitrogens with zero attached hydrogens (tertiary/aromatic N) is 1. The van der Waals surface area contributed by atoms with Crippen molar-refractivity contribution in [3.8, 4) is 0 Å². The van der Waals surface area contributed by atoms with Crippen LogP contribution in [0.4, 0.5) is 4.39 Å². The fraction of sp³-hybridized carbons (Fsp3) is 0.412. The van der Waals surface area contributed by atoms with Crippen molar-refractivity contribution in [1.29, 1.82) is 0 Å². The van der Waals surface area contributed by atoms with Gasteiger partial charge in [0.1, 0.15) is 5.82 Å². The van der Waals surface area contributed by atoms with Crippen LogP contribution in [-0.4, -0.2) is 11.4 Å². The van der Waals surface area contributed by atoms with Crippen molar-refractivity contribution in [2.45, 2.75) is 38.3 Å². The molecule has 0 aliphatic carbocycles. The molecule has 0 bridgehead atoms. The summed E-state index contributed by atoms with van der Waals surface area (Å²) in [5.41, 5.74) is 1.08. The molecule has 1 aliphatic rings. The third-order valence-electron chi connectivity index (χ3n) is 4.01. The van der Waals surface area contributed by atoms with Crippen LogP contribution in [0.25, 0.3) is 0 Å². The summed E-state index contributed by atoms with van der Waals surface area (Å²) in [4.78, 5) is 3.97. The normalized spacial score (nSPS) is 20.8. The molecular formula is C17H20FNS. The summed E-state index contributed by atoms with van der Waals surface area (Å²) in [6, 6.07) is 11.9. The first-order valence-corrected chi connectivity index (χ1v) is 8.23. The zero-order chi connectivity index (χ0) is 13.8. The molecule has 3 heteroatoms. The first kappa shape index (κ1) is 13.8. The molecule has 1 unspecified atom stereocenters. The van der Waals surface area contributed by atoms with Gasteiger partial charge in [-0.3, -0.25) is 4.90 Å². The Labute approximate surface area is 124 Å². The second-order valence-electron chi connectivity index (χ2n) is 5.48. The van der Waals surface area contributed by atoms with Gasteiger partial charge in [0.2, 0.25) is 0 Å². The Kier molecular flexibility index (Phi) is 4.48. The van der Waals surface area contributed by atoms with E-state index in [2.05, 4.69) is 22.4 Å². The monoisotopic (exact) mass is 289 g/mol. The fourth-order valence-electron chi connectivity index (χ4n) is 3.03. The number of likely N-dealkylation sites (tertiary alicyclic amines) is 1. The lowest BCUT2D eigenvalue weighted by Gasteiger charge is -2.29. The SMILES string of the molecule is Fc1cccc(CN2CCCCCC2c2cccs2)c1. The van der Waals surface area contributed by atoms with E-state index in [1.165, 1.54) is 36.6 Å². The maximum Gasteiger partial charge on any atom is 0.123 e. The molecular weight excluding hydrogens is 269 g/mol. The maximum atomic E-state index is 13.4. The van der Waals surface area contributed by atoms with Gasteiger partial charge in [-0.15, -0.1) is 11.3 Å². The molecule has 1 fully saturated rings. The van der Waals surface area contributed by atoms with Crippen LogP contribution in [0.3, 0.4) is 0 Å². The first-order valence-electron chi connectivity index (χ1n) is 7.35. The van der Waals surface area contributed by atoms with E-state index in [1.807, 2.05) is 23.5 Å². The van der Waals surface area contributed by atoms with Crippen molar-refractivity contribution in [3.05, 3.63) is 58.0 Å². The number of benzene rings is 1. The molecule has 3 rings (SSSR count). The predicted octanol–water partition coefficient (Wildman–Crippen LogP) is 5.00. The number of hydrogen-bond acceptors (Lipinski definition) is 2. The second-order valence-corrected chi connectivity index (χ2v) is 6.46. The summed E-state index contributed by atoms with van der Waals surface area (Å²) in [7, 11) is 0. The maximum absolute atomic E-state index is 13.4. The molecule has 2 heterocycles. The van der Waals surface area contributed by atoms with Gasteiger partial charge < -0.3 is 0 Å². The minimum atomic E-state index is -0.134. The van der Waals surface area contributed by atoms with Crippen LogP contribution in [0.15, 0.2) is 41.8 Å². The lowest BCUT2D eigenvalue weighted by Crippen LogP contribution is -2.27. The number of halogens is 1.